The van der Waals surface area contributed by atoms with Crippen LogP contribution in [0.5, 0.6) is 0 Å². The maximum absolute atomic E-state index is 11.7. The Morgan fingerprint density at radius 3 is 3.00 bits per heavy atom. The lowest BCUT2D eigenvalue weighted by Gasteiger charge is -2.11. The van der Waals surface area contributed by atoms with Crippen molar-refractivity contribution in [3.8, 4) is 0 Å². The number of rotatable bonds is 2. The first-order chi connectivity index (χ1) is 6.74. The van der Waals surface area contributed by atoms with Crippen LogP contribution in [0.15, 0.2) is 0 Å². The molecule has 0 atom stereocenters. The summed E-state index contributed by atoms with van der Waals surface area (Å²) in [7, 11) is 3.78. The molecule has 0 bridgehead atoms. The molecule has 0 amide bonds. The number of aromatic nitrogens is 2. The van der Waals surface area contributed by atoms with Crippen LogP contribution in [0.2, 0.25) is 0 Å². The molecule has 1 aliphatic rings. The largest absolute Gasteiger partial charge is 0.314 e. The molecule has 76 valence electrons. The molecular weight excluding hydrogens is 178 g/mol. The third-order valence-corrected chi connectivity index (χ3v) is 2.68. The number of aryl methyl sites for hydroxylation is 1. The Hall–Kier alpha value is -1.16. The van der Waals surface area contributed by atoms with E-state index in [0.29, 0.717) is 13.0 Å². The molecule has 1 N–H and O–H groups in total. The molecule has 1 aliphatic carbocycles. The minimum atomic E-state index is 0.254. The van der Waals surface area contributed by atoms with Crippen LogP contribution in [0.1, 0.15) is 34.6 Å². The Morgan fingerprint density at radius 1 is 1.50 bits per heavy atom. The molecule has 0 saturated heterocycles. The highest BCUT2D eigenvalue weighted by Gasteiger charge is 2.24. The minimum absolute atomic E-state index is 0.254. The van der Waals surface area contributed by atoms with E-state index in [4.69, 9.17) is 0 Å². The van der Waals surface area contributed by atoms with Gasteiger partial charge in [-0.3, -0.25) is 9.48 Å². The molecule has 1 aromatic rings. The molecular formula is C10H15N3O. The average Bonchev–Trinajstić information content (AvgIpc) is 2.46. The standard InChI is InChI=1S/C10H15N3O/c1-11-6-7-10-8(13(2)12-7)4-3-5-9(10)14/h11H,3-6H2,1-2H3. The quantitative estimate of drug-likeness (QED) is 0.750. The van der Waals surface area contributed by atoms with E-state index in [1.54, 1.807) is 0 Å². The molecule has 0 spiro atoms. The van der Waals surface area contributed by atoms with E-state index < -0.39 is 0 Å². The van der Waals surface area contributed by atoms with Gasteiger partial charge in [0.15, 0.2) is 5.78 Å². The minimum Gasteiger partial charge on any atom is -0.314 e. The summed E-state index contributed by atoms with van der Waals surface area (Å²) in [4.78, 5) is 11.7. The first-order valence-electron chi connectivity index (χ1n) is 4.96. The number of Topliss-reactive ketones (excluding diaryl/α,β-unsaturated/α-hetero) is 1. The fraction of sp³-hybridized carbons (Fsp3) is 0.600. The molecule has 0 unspecified atom stereocenters. The van der Waals surface area contributed by atoms with Crippen molar-refractivity contribution in [3.05, 3.63) is 17.0 Å². The maximum atomic E-state index is 11.7. The molecule has 0 fully saturated rings. The van der Waals surface area contributed by atoms with Crippen molar-refractivity contribution < 1.29 is 4.79 Å². The Balaban J connectivity index is 2.47. The zero-order chi connectivity index (χ0) is 10.1. The van der Waals surface area contributed by atoms with Crippen LogP contribution in [-0.2, 0) is 20.0 Å². The number of ketones is 1. The van der Waals surface area contributed by atoms with Gasteiger partial charge >= 0.3 is 0 Å². The smallest absolute Gasteiger partial charge is 0.166 e. The summed E-state index contributed by atoms with van der Waals surface area (Å²) in [6.45, 7) is 0.676. The van der Waals surface area contributed by atoms with Crippen LogP contribution in [0.25, 0.3) is 0 Å². The van der Waals surface area contributed by atoms with Gasteiger partial charge in [-0.25, -0.2) is 0 Å². The van der Waals surface area contributed by atoms with Crippen LogP contribution < -0.4 is 5.32 Å². The number of carbonyl (C=O) groups excluding carboxylic acids is 1. The second-order valence-electron chi connectivity index (χ2n) is 3.70. The van der Waals surface area contributed by atoms with E-state index in [9.17, 15) is 4.79 Å². The molecule has 14 heavy (non-hydrogen) atoms. The summed E-state index contributed by atoms with van der Waals surface area (Å²) >= 11 is 0. The van der Waals surface area contributed by atoms with Gasteiger partial charge in [0.25, 0.3) is 0 Å². The Kier molecular flexibility index (Phi) is 2.37. The van der Waals surface area contributed by atoms with Gasteiger partial charge in [-0.1, -0.05) is 0 Å². The Labute approximate surface area is 83.3 Å². The zero-order valence-electron chi connectivity index (χ0n) is 8.63. The number of hydrogen-bond acceptors (Lipinski definition) is 3. The Morgan fingerprint density at radius 2 is 2.29 bits per heavy atom. The fourth-order valence-corrected chi connectivity index (χ4v) is 2.06. The van der Waals surface area contributed by atoms with Crippen LogP contribution in [-0.4, -0.2) is 22.6 Å². The monoisotopic (exact) mass is 193 g/mol. The van der Waals surface area contributed by atoms with E-state index in [0.717, 1.165) is 29.8 Å². The third kappa shape index (κ3) is 1.35. The van der Waals surface area contributed by atoms with Gasteiger partial charge in [0.2, 0.25) is 0 Å². The fourth-order valence-electron chi connectivity index (χ4n) is 2.06. The number of carbonyl (C=O) groups is 1. The molecule has 0 aromatic carbocycles. The van der Waals surface area contributed by atoms with Gasteiger partial charge in [-0.2, -0.15) is 5.10 Å². The molecule has 1 aromatic heterocycles. The lowest BCUT2D eigenvalue weighted by atomic mass is 9.94. The molecule has 4 heteroatoms. The van der Waals surface area contributed by atoms with E-state index >= 15 is 0 Å². The lowest BCUT2D eigenvalue weighted by Crippen LogP contribution is -2.15. The van der Waals surface area contributed by atoms with Crippen molar-refractivity contribution in [2.45, 2.75) is 25.8 Å². The van der Waals surface area contributed by atoms with Crippen molar-refractivity contribution in [1.82, 2.24) is 15.1 Å². The van der Waals surface area contributed by atoms with Crippen LogP contribution >= 0.6 is 0 Å². The summed E-state index contributed by atoms with van der Waals surface area (Å²) in [6.07, 6.45) is 2.62. The number of nitrogens with zero attached hydrogens (tertiary/aromatic N) is 2. The molecule has 0 radical (unpaired) electrons. The van der Waals surface area contributed by atoms with E-state index in [-0.39, 0.29) is 5.78 Å². The van der Waals surface area contributed by atoms with Crippen LogP contribution in [0.3, 0.4) is 0 Å². The molecule has 2 rings (SSSR count). The topological polar surface area (TPSA) is 46.9 Å². The third-order valence-electron chi connectivity index (χ3n) is 2.68. The number of hydrogen-bond donors (Lipinski definition) is 1. The van der Waals surface area contributed by atoms with E-state index in [1.165, 1.54) is 0 Å². The number of nitrogens with one attached hydrogen (secondary N) is 1. The zero-order valence-corrected chi connectivity index (χ0v) is 8.63. The molecule has 0 aliphatic heterocycles. The van der Waals surface area contributed by atoms with Gasteiger partial charge in [0.1, 0.15) is 0 Å². The average molecular weight is 193 g/mol. The van der Waals surface area contributed by atoms with Crippen molar-refractivity contribution in [3.63, 3.8) is 0 Å². The first kappa shape index (κ1) is 9.40. The highest BCUT2D eigenvalue weighted by atomic mass is 16.1. The second kappa shape index (κ2) is 3.53. The maximum Gasteiger partial charge on any atom is 0.166 e. The first-order valence-corrected chi connectivity index (χ1v) is 4.96. The van der Waals surface area contributed by atoms with Gasteiger partial charge in [0, 0.05) is 25.7 Å². The predicted octanol–water partition coefficient (Wildman–Crippen LogP) is 0.658. The summed E-state index contributed by atoms with van der Waals surface area (Å²) in [6, 6.07) is 0. The van der Waals surface area contributed by atoms with Crippen LogP contribution in [0, 0.1) is 0 Å². The van der Waals surface area contributed by atoms with Crippen molar-refractivity contribution in [1.29, 1.82) is 0 Å². The molecule has 1 heterocycles. The van der Waals surface area contributed by atoms with Crippen molar-refractivity contribution in [2.75, 3.05) is 7.05 Å². The SMILES string of the molecule is CNCc1nn(C)c2c1C(=O)CCC2. The van der Waals surface area contributed by atoms with E-state index in [1.807, 2.05) is 18.8 Å². The van der Waals surface area contributed by atoms with Gasteiger partial charge in [-0.05, 0) is 19.9 Å². The second-order valence-corrected chi connectivity index (χ2v) is 3.70. The normalized spacial score (nSPS) is 15.7. The molecule has 0 saturated carbocycles. The number of fused-ring (bicyclic) bond motifs is 1. The molecule has 4 nitrogen and oxygen atoms in total. The van der Waals surface area contributed by atoms with Gasteiger partial charge in [-0.15, -0.1) is 0 Å². The Bertz CT molecular complexity index is 368. The van der Waals surface area contributed by atoms with Gasteiger partial charge in [0.05, 0.1) is 11.3 Å². The highest BCUT2D eigenvalue weighted by molar-refractivity contribution is 5.99. The van der Waals surface area contributed by atoms with Crippen molar-refractivity contribution >= 4 is 5.78 Å². The summed E-state index contributed by atoms with van der Waals surface area (Å²) < 4.78 is 1.85. The van der Waals surface area contributed by atoms with Crippen molar-refractivity contribution in [2.24, 2.45) is 7.05 Å². The summed E-state index contributed by atoms with van der Waals surface area (Å²) in [5.74, 6) is 0.254. The summed E-state index contributed by atoms with van der Waals surface area (Å²) in [5.41, 5.74) is 2.87. The van der Waals surface area contributed by atoms with Gasteiger partial charge < -0.3 is 5.32 Å². The predicted molar refractivity (Wildman–Crippen MR) is 53.2 cm³/mol. The highest BCUT2D eigenvalue weighted by Crippen LogP contribution is 2.23. The van der Waals surface area contributed by atoms with E-state index in [2.05, 4.69) is 10.4 Å². The lowest BCUT2D eigenvalue weighted by molar-refractivity contribution is 0.0971. The van der Waals surface area contributed by atoms with Crippen LogP contribution in [0.4, 0.5) is 0 Å². The summed E-state index contributed by atoms with van der Waals surface area (Å²) in [5, 5.41) is 7.41.